The first-order valence-electron chi connectivity index (χ1n) is 6.30. The Kier molecular flexibility index (Phi) is 8.49. The number of hydrogen-bond donors (Lipinski definition) is 3. The van der Waals surface area contributed by atoms with Crippen molar-refractivity contribution in [3.63, 3.8) is 0 Å². The molecular formula is C12H23N3O5. The van der Waals surface area contributed by atoms with Gasteiger partial charge >= 0.3 is 11.9 Å². The lowest BCUT2D eigenvalue weighted by Crippen LogP contribution is -2.47. The maximum atomic E-state index is 11.7. The van der Waals surface area contributed by atoms with Crippen molar-refractivity contribution in [3.8, 4) is 0 Å². The fraction of sp³-hybridized carbons (Fsp3) is 0.750. The van der Waals surface area contributed by atoms with E-state index < -0.39 is 36.0 Å². The van der Waals surface area contributed by atoms with Gasteiger partial charge < -0.3 is 26.3 Å². The Morgan fingerprint density at radius 3 is 2.00 bits per heavy atom. The van der Waals surface area contributed by atoms with Gasteiger partial charge in [-0.15, -0.1) is 0 Å². The summed E-state index contributed by atoms with van der Waals surface area (Å²) in [7, 11) is 2.49. The van der Waals surface area contributed by atoms with Crippen LogP contribution in [-0.4, -0.2) is 50.2 Å². The van der Waals surface area contributed by atoms with Crippen LogP contribution in [0, 0.1) is 0 Å². The summed E-state index contributed by atoms with van der Waals surface area (Å²) in [6, 6.07) is -2.24. The first-order valence-corrected chi connectivity index (χ1v) is 6.30. The van der Waals surface area contributed by atoms with Crippen molar-refractivity contribution in [2.45, 2.75) is 44.3 Å². The van der Waals surface area contributed by atoms with E-state index >= 15 is 0 Å². The summed E-state index contributed by atoms with van der Waals surface area (Å²) in [4.78, 5) is 33.9. The first kappa shape index (κ1) is 18.3. The summed E-state index contributed by atoms with van der Waals surface area (Å²) in [6.45, 7) is 1.50. The maximum absolute atomic E-state index is 11.7. The molecular weight excluding hydrogens is 266 g/mol. The molecule has 8 nitrogen and oxygen atoms in total. The van der Waals surface area contributed by atoms with Gasteiger partial charge in [-0.3, -0.25) is 9.59 Å². The number of nitrogens with two attached hydrogens (primary N) is 2. The SMILES string of the molecule is COC(=O)C(N)CCC[C@@H](N)C(=O)N[C@H](C)C(=O)OC. The van der Waals surface area contributed by atoms with Gasteiger partial charge in [-0.05, 0) is 26.2 Å². The second kappa shape index (κ2) is 9.27. The monoisotopic (exact) mass is 289 g/mol. The van der Waals surface area contributed by atoms with Crippen LogP contribution >= 0.6 is 0 Å². The summed E-state index contributed by atoms with van der Waals surface area (Å²) in [5, 5.41) is 2.44. The summed E-state index contributed by atoms with van der Waals surface area (Å²) in [6.07, 6.45) is 1.22. The van der Waals surface area contributed by atoms with E-state index in [1.165, 1.54) is 21.1 Å². The highest BCUT2D eigenvalue weighted by atomic mass is 16.5. The predicted octanol–water partition coefficient (Wildman–Crippen LogP) is -1.34. The van der Waals surface area contributed by atoms with Gasteiger partial charge in [0.2, 0.25) is 5.91 Å². The number of amides is 1. The molecule has 0 fully saturated rings. The van der Waals surface area contributed by atoms with Gasteiger partial charge in [0, 0.05) is 0 Å². The zero-order valence-corrected chi connectivity index (χ0v) is 12.0. The van der Waals surface area contributed by atoms with Crippen LogP contribution in [-0.2, 0) is 23.9 Å². The largest absolute Gasteiger partial charge is 0.468 e. The van der Waals surface area contributed by atoms with E-state index in [1.54, 1.807) is 0 Å². The molecule has 0 aromatic heterocycles. The maximum Gasteiger partial charge on any atom is 0.328 e. The number of carbonyl (C=O) groups excluding carboxylic acids is 3. The molecule has 1 amide bonds. The molecule has 0 aliphatic carbocycles. The molecule has 8 heteroatoms. The number of esters is 2. The molecule has 0 aliphatic rings. The molecule has 3 atom stereocenters. The lowest BCUT2D eigenvalue weighted by Gasteiger charge is -2.16. The number of nitrogens with one attached hydrogen (secondary N) is 1. The third kappa shape index (κ3) is 6.48. The Hall–Kier alpha value is -1.67. The van der Waals surface area contributed by atoms with E-state index in [0.717, 1.165) is 0 Å². The highest BCUT2D eigenvalue weighted by molar-refractivity contribution is 5.87. The van der Waals surface area contributed by atoms with Gasteiger partial charge in [0.1, 0.15) is 12.1 Å². The van der Waals surface area contributed by atoms with E-state index in [9.17, 15) is 14.4 Å². The summed E-state index contributed by atoms with van der Waals surface area (Å²) in [5.41, 5.74) is 11.2. The van der Waals surface area contributed by atoms with E-state index in [1.807, 2.05) is 0 Å². The molecule has 20 heavy (non-hydrogen) atoms. The Morgan fingerprint density at radius 2 is 1.50 bits per heavy atom. The molecule has 0 spiro atoms. The predicted molar refractivity (Wildman–Crippen MR) is 71.4 cm³/mol. The van der Waals surface area contributed by atoms with Crippen molar-refractivity contribution in [3.05, 3.63) is 0 Å². The normalized spacial score (nSPS) is 14.8. The van der Waals surface area contributed by atoms with Crippen LogP contribution in [0.1, 0.15) is 26.2 Å². The molecule has 1 unspecified atom stereocenters. The van der Waals surface area contributed by atoms with Crippen molar-refractivity contribution in [2.24, 2.45) is 11.5 Å². The van der Waals surface area contributed by atoms with Gasteiger partial charge in [-0.1, -0.05) is 0 Å². The molecule has 0 heterocycles. The van der Waals surface area contributed by atoms with Crippen LogP contribution in [0.3, 0.4) is 0 Å². The first-order chi connectivity index (χ1) is 9.33. The van der Waals surface area contributed by atoms with Crippen molar-refractivity contribution in [2.75, 3.05) is 14.2 Å². The summed E-state index contributed by atoms with van der Waals surface area (Å²) >= 11 is 0. The number of hydrogen-bond acceptors (Lipinski definition) is 7. The third-order valence-electron chi connectivity index (χ3n) is 2.78. The van der Waals surface area contributed by atoms with Crippen molar-refractivity contribution in [1.82, 2.24) is 5.32 Å². The quantitative estimate of drug-likeness (QED) is 0.471. The van der Waals surface area contributed by atoms with Crippen LogP contribution in [0.2, 0.25) is 0 Å². The number of methoxy groups -OCH3 is 2. The van der Waals surface area contributed by atoms with Gasteiger partial charge in [-0.2, -0.15) is 0 Å². The van der Waals surface area contributed by atoms with Crippen molar-refractivity contribution in [1.29, 1.82) is 0 Å². The van der Waals surface area contributed by atoms with E-state index in [2.05, 4.69) is 14.8 Å². The topological polar surface area (TPSA) is 134 Å². The van der Waals surface area contributed by atoms with Gasteiger partial charge in [0.15, 0.2) is 0 Å². The van der Waals surface area contributed by atoms with Crippen molar-refractivity contribution < 1.29 is 23.9 Å². The van der Waals surface area contributed by atoms with E-state index in [4.69, 9.17) is 11.5 Å². The average Bonchev–Trinajstić information content (AvgIpc) is 2.44. The Labute approximate surface area is 118 Å². The molecule has 0 aliphatic heterocycles. The molecule has 116 valence electrons. The highest BCUT2D eigenvalue weighted by Gasteiger charge is 2.21. The zero-order chi connectivity index (χ0) is 15.7. The minimum atomic E-state index is -0.771. The van der Waals surface area contributed by atoms with E-state index in [0.29, 0.717) is 19.3 Å². The minimum Gasteiger partial charge on any atom is -0.468 e. The van der Waals surface area contributed by atoms with Crippen LogP contribution in [0.15, 0.2) is 0 Å². The molecule has 5 N–H and O–H groups in total. The zero-order valence-electron chi connectivity index (χ0n) is 12.0. The second-order valence-corrected chi connectivity index (χ2v) is 4.42. The number of rotatable bonds is 8. The molecule has 0 radical (unpaired) electrons. The number of ether oxygens (including phenoxy) is 2. The fourth-order valence-electron chi connectivity index (χ4n) is 1.51. The Balaban J connectivity index is 4.03. The summed E-state index contributed by atoms with van der Waals surface area (Å²) in [5.74, 6) is -1.49. The minimum absolute atomic E-state index is 0.352. The molecule has 0 rings (SSSR count). The molecule has 0 aromatic rings. The highest BCUT2D eigenvalue weighted by Crippen LogP contribution is 2.03. The smallest absolute Gasteiger partial charge is 0.328 e. The lowest BCUT2D eigenvalue weighted by molar-refractivity contribution is -0.144. The number of carbonyl (C=O) groups is 3. The van der Waals surface area contributed by atoms with Gasteiger partial charge in [0.25, 0.3) is 0 Å². The van der Waals surface area contributed by atoms with E-state index in [-0.39, 0.29) is 0 Å². The summed E-state index contributed by atoms with van der Waals surface area (Å²) < 4.78 is 8.96. The van der Waals surface area contributed by atoms with Gasteiger partial charge in [-0.25, -0.2) is 4.79 Å². The average molecular weight is 289 g/mol. The third-order valence-corrected chi connectivity index (χ3v) is 2.78. The molecule has 0 saturated carbocycles. The standard InChI is InChI=1S/C12H23N3O5/c1-7(11(17)19-2)15-10(16)8(13)5-4-6-9(14)12(18)20-3/h7-9H,4-6,13-14H2,1-3H3,(H,15,16)/t7-,8-,9?/m1/s1. The van der Waals surface area contributed by atoms with Crippen LogP contribution in [0.25, 0.3) is 0 Å². The lowest BCUT2D eigenvalue weighted by atomic mass is 10.1. The molecule has 0 saturated heterocycles. The van der Waals surface area contributed by atoms with Gasteiger partial charge in [0.05, 0.1) is 20.3 Å². The van der Waals surface area contributed by atoms with Crippen LogP contribution < -0.4 is 16.8 Å². The molecule has 0 bridgehead atoms. The van der Waals surface area contributed by atoms with Crippen molar-refractivity contribution >= 4 is 17.8 Å². The van der Waals surface area contributed by atoms with Crippen LogP contribution in [0.4, 0.5) is 0 Å². The van der Waals surface area contributed by atoms with Crippen LogP contribution in [0.5, 0.6) is 0 Å². The molecule has 0 aromatic carbocycles. The second-order valence-electron chi connectivity index (χ2n) is 4.42. The fourth-order valence-corrected chi connectivity index (χ4v) is 1.51. The Morgan fingerprint density at radius 1 is 1.00 bits per heavy atom. The Bertz CT molecular complexity index is 348.